The molecule has 1 unspecified atom stereocenters. The average molecular weight is 352 g/mol. The minimum absolute atomic E-state index is 0.374. The van der Waals surface area contributed by atoms with E-state index in [0.717, 1.165) is 12.8 Å². The summed E-state index contributed by atoms with van der Waals surface area (Å²) in [6, 6.07) is 2.13. The molecule has 0 radical (unpaired) electrons. The lowest BCUT2D eigenvalue weighted by atomic mass is 10.0. The predicted molar refractivity (Wildman–Crippen MR) is 91.9 cm³/mol. The number of ether oxygens (including phenoxy) is 3. The number of hydrogen-bond donors (Lipinski definition) is 1. The Bertz CT molecular complexity index is 623. The molecule has 0 aliphatic carbocycles. The number of amides is 2. The van der Waals surface area contributed by atoms with Crippen LogP contribution in [0, 0.1) is 0 Å². The van der Waals surface area contributed by atoms with Gasteiger partial charge in [0.2, 0.25) is 5.75 Å². The number of anilines is 1. The van der Waals surface area contributed by atoms with Gasteiger partial charge >= 0.3 is 12.0 Å². The quantitative estimate of drug-likeness (QED) is 0.874. The van der Waals surface area contributed by atoms with Gasteiger partial charge in [0.15, 0.2) is 11.5 Å². The lowest BCUT2D eigenvalue weighted by Crippen LogP contribution is -2.52. The van der Waals surface area contributed by atoms with E-state index in [4.69, 9.17) is 14.2 Å². The highest BCUT2D eigenvalue weighted by Gasteiger charge is 2.34. The topological polar surface area (TPSA) is 88.5 Å². The van der Waals surface area contributed by atoms with Crippen LogP contribution in [0.5, 0.6) is 17.2 Å². The van der Waals surface area contributed by atoms with E-state index in [1.165, 1.54) is 31.1 Å². The van der Waals surface area contributed by atoms with Crippen molar-refractivity contribution >= 4 is 17.7 Å². The third-order valence-electron chi connectivity index (χ3n) is 4.36. The van der Waals surface area contributed by atoms with Gasteiger partial charge in [-0.2, -0.15) is 0 Å². The van der Waals surface area contributed by atoms with Crippen molar-refractivity contribution in [3.63, 3.8) is 0 Å². The second-order valence-electron chi connectivity index (χ2n) is 5.77. The standard InChI is InChI=1S/C17H24N2O6/c1-18(17(22)19-8-6-5-7-12(19)16(20)21)11-9-13(23-2)15(25-4)14(10-11)24-3/h9-10,12H,5-8H2,1-4H3,(H,20,21). The molecule has 1 heterocycles. The molecule has 8 heteroatoms. The Kier molecular flexibility index (Phi) is 5.95. The highest BCUT2D eigenvalue weighted by atomic mass is 16.5. The summed E-state index contributed by atoms with van der Waals surface area (Å²) in [4.78, 5) is 27.1. The highest BCUT2D eigenvalue weighted by molar-refractivity contribution is 5.94. The van der Waals surface area contributed by atoms with E-state index in [0.29, 0.717) is 35.9 Å². The molecular weight excluding hydrogens is 328 g/mol. The molecule has 1 fully saturated rings. The molecule has 1 aromatic carbocycles. The maximum atomic E-state index is 12.8. The van der Waals surface area contributed by atoms with E-state index in [1.807, 2.05) is 0 Å². The van der Waals surface area contributed by atoms with Gasteiger partial charge in [-0.1, -0.05) is 0 Å². The van der Waals surface area contributed by atoms with Gasteiger partial charge in [-0.25, -0.2) is 9.59 Å². The first kappa shape index (κ1) is 18.7. The van der Waals surface area contributed by atoms with Crippen molar-refractivity contribution in [3.05, 3.63) is 12.1 Å². The Hall–Kier alpha value is -2.64. The first-order valence-electron chi connectivity index (χ1n) is 8.01. The fourth-order valence-corrected chi connectivity index (χ4v) is 2.98. The molecule has 2 rings (SSSR count). The largest absolute Gasteiger partial charge is 0.493 e. The van der Waals surface area contributed by atoms with Crippen LogP contribution in [-0.2, 0) is 4.79 Å². The number of hydrogen-bond acceptors (Lipinski definition) is 5. The number of carboxylic acids is 1. The van der Waals surface area contributed by atoms with Crippen molar-refractivity contribution in [2.75, 3.05) is 39.8 Å². The van der Waals surface area contributed by atoms with Crippen molar-refractivity contribution in [1.29, 1.82) is 0 Å². The van der Waals surface area contributed by atoms with Crippen molar-refractivity contribution in [3.8, 4) is 17.2 Å². The normalized spacial score (nSPS) is 17.0. The van der Waals surface area contributed by atoms with Crippen LogP contribution in [-0.4, -0.2) is 63.0 Å². The number of carboxylic acid groups (broad SMARTS) is 1. The number of aliphatic carboxylic acids is 1. The molecule has 25 heavy (non-hydrogen) atoms. The summed E-state index contributed by atoms with van der Waals surface area (Å²) in [5, 5.41) is 9.37. The van der Waals surface area contributed by atoms with Crippen LogP contribution >= 0.6 is 0 Å². The number of nitrogens with zero attached hydrogens (tertiary/aromatic N) is 2. The van der Waals surface area contributed by atoms with Gasteiger partial charge in [0.1, 0.15) is 6.04 Å². The van der Waals surface area contributed by atoms with Crippen molar-refractivity contribution in [2.45, 2.75) is 25.3 Å². The van der Waals surface area contributed by atoms with E-state index in [1.54, 1.807) is 19.2 Å². The molecule has 1 aromatic rings. The maximum Gasteiger partial charge on any atom is 0.326 e. The fourth-order valence-electron chi connectivity index (χ4n) is 2.98. The molecule has 1 aliphatic heterocycles. The van der Waals surface area contributed by atoms with Crippen LogP contribution < -0.4 is 19.1 Å². The average Bonchev–Trinajstić information content (AvgIpc) is 2.65. The van der Waals surface area contributed by atoms with E-state index >= 15 is 0 Å². The van der Waals surface area contributed by atoms with Crippen LogP contribution in [0.25, 0.3) is 0 Å². The first-order chi connectivity index (χ1) is 11.9. The molecule has 0 saturated carbocycles. The van der Waals surface area contributed by atoms with Gasteiger partial charge in [-0.3, -0.25) is 4.90 Å². The maximum absolute atomic E-state index is 12.8. The summed E-state index contributed by atoms with van der Waals surface area (Å²) >= 11 is 0. The molecule has 1 N–H and O–H groups in total. The summed E-state index contributed by atoms with van der Waals surface area (Å²) in [5.41, 5.74) is 0.522. The van der Waals surface area contributed by atoms with Crippen LogP contribution in [0.4, 0.5) is 10.5 Å². The minimum atomic E-state index is -0.980. The zero-order chi connectivity index (χ0) is 18.6. The summed E-state index contributed by atoms with van der Waals surface area (Å²) in [6.45, 7) is 0.421. The van der Waals surface area contributed by atoms with Crippen molar-refractivity contribution in [1.82, 2.24) is 4.90 Å². The van der Waals surface area contributed by atoms with Crippen LogP contribution in [0.3, 0.4) is 0 Å². The SMILES string of the molecule is COc1cc(N(C)C(=O)N2CCCCC2C(=O)O)cc(OC)c1OC. The van der Waals surface area contributed by atoms with Gasteiger partial charge in [-0.15, -0.1) is 0 Å². The number of methoxy groups -OCH3 is 3. The fraction of sp³-hybridized carbons (Fsp3) is 0.529. The monoisotopic (exact) mass is 352 g/mol. The molecule has 1 aliphatic rings. The highest BCUT2D eigenvalue weighted by Crippen LogP contribution is 2.41. The van der Waals surface area contributed by atoms with E-state index in [-0.39, 0.29) is 6.03 Å². The second kappa shape index (κ2) is 7.96. The van der Waals surface area contributed by atoms with Gasteiger partial charge in [0.25, 0.3) is 0 Å². The Morgan fingerprint density at radius 2 is 1.72 bits per heavy atom. The Balaban J connectivity index is 2.34. The molecule has 0 aromatic heterocycles. The second-order valence-corrected chi connectivity index (χ2v) is 5.77. The lowest BCUT2D eigenvalue weighted by molar-refractivity contribution is -0.143. The number of piperidine rings is 1. The molecule has 2 amide bonds. The number of benzene rings is 1. The molecule has 0 bridgehead atoms. The molecular formula is C17H24N2O6. The lowest BCUT2D eigenvalue weighted by Gasteiger charge is -2.35. The molecule has 0 spiro atoms. The molecule has 1 atom stereocenters. The Morgan fingerprint density at radius 3 is 2.20 bits per heavy atom. The minimum Gasteiger partial charge on any atom is -0.493 e. The van der Waals surface area contributed by atoms with Gasteiger partial charge in [0.05, 0.1) is 27.0 Å². The van der Waals surface area contributed by atoms with Gasteiger partial charge in [-0.05, 0) is 19.3 Å². The number of carbonyl (C=O) groups excluding carboxylic acids is 1. The van der Waals surface area contributed by atoms with E-state index in [9.17, 15) is 14.7 Å². The summed E-state index contributed by atoms with van der Waals surface area (Å²) in [6.07, 6.45) is 2.05. The smallest absolute Gasteiger partial charge is 0.326 e. The zero-order valence-electron chi connectivity index (χ0n) is 14.9. The van der Waals surface area contributed by atoms with Gasteiger partial charge in [0, 0.05) is 25.7 Å². The van der Waals surface area contributed by atoms with Gasteiger partial charge < -0.3 is 24.2 Å². The van der Waals surface area contributed by atoms with E-state index in [2.05, 4.69) is 0 Å². The molecule has 1 saturated heterocycles. The number of likely N-dealkylation sites (tertiary alicyclic amines) is 1. The number of urea groups is 1. The summed E-state index contributed by atoms with van der Waals surface area (Å²) in [5.74, 6) is 0.289. The first-order valence-corrected chi connectivity index (χ1v) is 8.01. The van der Waals surface area contributed by atoms with Crippen LogP contribution in [0.15, 0.2) is 12.1 Å². The Labute approximate surface area is 146 Å². The number of rotatable bonds is 5. The predicted octanol–water partition coefficient (Wildman–Crippen LogP) is 2.21. The van der Waals surface area contributed by atoms with Crippen LogP contribution in [0.2, 0.25) is 0 Å². The summed E-state index contributed by atoms with van der Waals surface area (Å²) in [7, 11) is 6.08. The van der Waals surface area contributed by atoms with E-state index < -0.39 is 12.0 Å². The summed E-state index contributed by atoms with van der Waals surface area (Å²) < 4.78 is 15.9. The molecule has 138 valence electrons. The van der Waals surface area contributed by atoms with Crippen molar-refractivity contribution in [2.24, 2.45) is 0 Å². The third kappa shape index (κ3) is 3.72. The number of carbonyl (C=O) groups is 2. The third-order valence-corrected chi connectivity index (χ3v) is 4.36. The molecule has 8 nitrogen and oxygen atoms in total. The van der Waals surface area contributed by atoms with Crippen molar-refractivity contribution < 1.29 is 28.9 Å². The Morgan fingerprint density at radius 1 is 1.12 bits per heavy atom. The van der Waals surface area contributed by atoms with Crippen LogP contribution in [0.1, 0.15) is 19.3 Å². The zero-order valence-corrected chi connectivity index (χ0v) is 14.9.